The molecule has 8 amide bonds. The highest BCUT2D eigenvalue weighted by molar-refractivity contribution is 7.92. The number of pyridine rings is 4. The SMILES string of the molecule is N#Cc1ccc(-c2ccc(CNC(=O)c3ccc4c(c3)NC(=O)c3ccccc3S4(=O)=O)nc2)cc1.N#Cc1ccc(B(O)O)cc1.NC(=O)c1ccc(-c2ccc(CNC(=O)c3ccc4c(c3)NC(=O)c3ccccc3S4(=O)=O)nc2)cc1.NCc1ccc(Cl)cn1.O=C(NCc1ccc(Cl)cn1)c1ccc2c(c1)NC(=O)c1ccccc1S2(=O)=O.O=C(O)c1ccc2c(c1)NC(=O)c1ccccc1S2(=O)=O. The largest absolute Gasteiger partial charge is 0.488 e. The molecule has 0 saturated carbocycles. The van der Waals surface area contributed by atoms with Gasteiger partial charge in [0.05, 0.1) is 165 Å². The number of amides is 8. The maximum absolute atomic E-state index is 13.1. The van der Waals surface area contributed by atoms with Crippen LogP contribution in [0.1, 0.15) is 127 Å². The first kappa shape index (κ1) is 101. The molecule has 42 heteroatoms. The summed E-state index contributed by atoms with van der Waals surface area (Å²) >= 11 is 11.4. The van der Waals surface area contributed by atoms with Crippen LogP contribution in [-0.2, 0) is 65.5 Å². The van der Waals surface area contributed by atoms with Crippen molar-refractivity contribution in [1.82, 2.24) is 35.9 Å². The molecule has 0 unspecified atom stereocenters. The number of anilines is 4. The first-order valence-corrected chi connectivity index (χ1v) is 49.0. The second-order valence-corrected chi connectivity index (χ2v) is 39.4. The van der Waals surface area contributed by atoms with Crippen molar-refractivity contribution in [2.24, 2.45) is 11.5 Å². The number of aromatic carboxylic acids is 1. The third-order valence-corrected chi connectivity index (χ3v) is 29.6. The van der Waals surface area contributed by atoms with E-state index in [0.29, 0.717) is 55.8 Å². The number of nitriles is 2. The molecule has 0 fully saturated rings. The number of carbonyl (C=O) groups is 9. The number of hydrogen-bond donors (Lipinski definition) is 12. The molecule has 143 heavy (non-hydrogen) atoms. The van der Waals surface area contributed by atoms with Crippen LogP contribution in [0.25, 0.3) is 22.3 Å². The summed E-state index contributed by atoms with van der Waals surface area (Å²) in [5, 5.41) is 63.2. The fourth-order valence-electron chi connectivity index (χ4n) is 14.3. The Morgan fingerprint density at radius 3 is 0.895 bits per heavy atom. The summed E-state index contributed by atoms with van der Waals surface area (Å²) in [6.45, 7) is 0.924. The van der Waals surface area contributed by atoms with E-state index in [1.807, 2.05) is 36.4 Å². The van der Waals surface area contributed by atoms with E-state index < -0.39 is 99.7 Å². The highest BCUT2D eigenvalue weighted by atomic mass is 35.5. The summed E-state index contributed by atoms with van der Waals surface area (Å²) in [4.78, 5) is 126. The summed E-state index contributed by atoms with van der Waals surface area (Å²) < 4.78 is 104. The van der Waals surface area contributed by atoms with Gasteiger partial charge in [0, 0.05) is 64.7 Å². The maximum Gasteiger partial charge on any atom is 0.488 e. The predicted octanol–water partition coefficient (Wildman–Crippen LogP) is 12.4. The zero-order chi connectivity index (χ0) is 102. The normalized spacial score (nSPS) is 13.3. The fraction of sp³-hybridized carbons (Fsp3) is 0.0396. The van der Waals surface area contributed by atoms with Gasteiger partial charge in [0.15, 0.2) is 0 Å². The van der Waals surface area contributed by atoms with Crippen LogP contribution < -0.4 is 54.1 Å². The van der Waals surface area contributed by atoms with E-state index >= 15 is 0 Å². The van der Waals surface area contributed by atoms with E-state index in [9.17, 15) is 76.8 Å². The Bertz CT molecular complexity index is 8180. The molecule has 0 aliphatic carbocycles. The Hall–Kier alpha value is -17.4. The molecule has 14 N–H and O–H groups in total. The Labute approximate surface area is 826 Å². The molecule has 0 radical (unpaired) electrons. The molecular weight excluding hydrogens is 1950 g/mol. The molecular formula is C101H74BCl2N15O20S4. The van der Waals surface area contributed by atoms with E-state index in [0.717, 1.165) is 34.0 Å². The van der Waals surface area contributed by atoms with Gasteiger partial charge in [-0.25, -0.2) is 38.5 Å². The molecule has 19 rings (SSSR count). The van der Waals surface area contributed by atoms with Crippen LogP contribution in [0.5, 0.6) is 0 Å². The molecule has 11 aromatic carbocycles. The van der Waals surface area contributed by atoms with Gasteiger partial charge >= 0.3 is 13.1 Å². The standard InChI is InChI=1S/C27H20N4O5S.C27H18N4O4S.C20H14ClN3O4S.C14H9NO5S.C7H6BNO2.C6H7ClN2/c28-25(32)17-7-5-16(6-8-17)19-9-11-20(29-14-19)15-30-26(33)18-10-12-24-22(13-18)31-27(34)21-3-1-2-4-23(21)37(24,35)36;28-14-17-5-7-18(8-6-17)20-9-11-21(29-15-20)16-30-26(32)19-10-12-25-23(13-19)31-27(33)22-3-1-2-4-24(22)36(25,34)35;21-13-6-7-14(22-10-13)11-23-19(25)12-5-8-18-16(9-12)24-20(26)15-3-1-2-4-17(15)29(18,27)28;16-13-9-3-1-2-4-11(9)21(19,20)12-6-5-8(14(17)18)7-10(12)15-13;9-5-6-1-3-7(4-2-6)8(10)11;7-5-1-2-6(3-8)9-4-5/h1-14H,15H2,(H2,28,32)(H,30,33)(H,31,34);1-13,15H,16H2,(H,30,32)(H,31,33);1-10H,11H2,(H,23,25)(H,24,26);1-7H,(H,15,16)(H,17,18);1-4,10-11H;1-2,4H,3,8H2. The first-order valence-electron chi connectivity index (χ1n) is 42.3. The van der Waals surface area contributed by atoms with Gasteiger partial charge in [-0.15, -0.1) is 0 Å². The van der Waals surface area contributed by atoms with Crippen LogP contribution in [0.2, 0.25) is 10.0 Å². The van der Waals surface area contributed by atoms with Gasteiger partial charge in [0.2, 0.25) is 45.3 Å². The van der Waals surface area contributed by atoms with Crippen LogP contribution in [0, 0.1) is 22.7 Å². The average Bonchev–Trinajstić information content (AvgIpc) is 1.64. The second-order valence-electron chi connectivity index (χ2n) is 31.0. The molecule has 4 aliphatic heterocycles. The fourth-order valence-corrected chi connectivity index (χ4v) is 20.9. The van der Waals surface area contributed by atoms with Crippen LogP contribution in [0.4, 0.5) is 22.7 Å². The molecule has 0 bridgehead atoms. The smallest absolute Gasteiger partial charge is 0.478 e. The number of halogens is 2. The number of nitrogens with one attached hydrogen (secondary N) is 7. The lowest BCUT2D eigenvalue weighted by Crippen LogP contribution is -2.29. The van der Waals surface area contributed by atoms with E-state index in [1.54, 1.807) is 128 Å². The van der Waals surface area contributed by atoms with Crippen molar-refractivity contribution in [3.05, 3.63) is 410 Å². The van der Waals surface area contributed by atoms with Crippen molar-refractivity contribution in [1.29, 1.82) is 10.5 Å². The topological polar surface area (TPSA) is 586 Å². The molecule has 35 nitrogen and oxygen atoms in total. The van der Waals surface area contributed by atoms with Gasteiger partial charge < -0.3 is 63.8 Å². The third kappa shape index (κ3) is 23.6. The number of nitrogens with two attached hydrogens (primary N) is 2. The Kier molecular flexibility index (Phi) is 31.3. The number of nitrogens with zero attached hydrogens (tertiary/aromatic N) is 6. The number of rotatable bonds is 15. The van der Waals surface area contributed by atoms with E-state index in [-0.39, 0.29) is 126 Å². The highest BCUT2D eigenvalue weighted by Crippen LogP contribution is 2.40. The Morgan fingerprint density at radius 1 is 0.343 bits per heavy atom. The molecule has 4 aliphatic rings. The Balaban J connectivity index is 0.000000144. The Morgan fingerprint density at radius 2 is 0.615 bits per heavy atom. The lowest BCUT2D eigenvalue weighted by molar-refractivity contribution is 0.0694. The summed E-state index contributed by atoms with van der Waals surface area (Å²) in [6, 6.07) is 77.8. The van der Waals surface area contributed by atoms with E-state index in [4.69, 9.17) is 60.3 Å². The van der Waals surface area contributed by atoms with Crippen LogP contribution >= 0.6 is 23.2 Å². The monoisotopic (exact) mass is 2030 g/mol. The molecule has 8 heterocycles. The van der Waals surface area contributed by atoms with Crippen molar-refractivity contribution < 1.29 is 92.0 Å². The number of carboxylic acids is 1. The maximum atomic E-state index is 13.1. The van der Waals surface area contributed by atoms with Crippen molar-refractivity contribution in [3.8, 4) is 34.4 Å². The number of carboxylic acid groups (broad SMARTS) is 1. The highest BCUT2D eigenvalue weighted by Gasteiger charge is 2.37. The number of aromatic nitrogens is 4. The number of benzene rings is 11. The first-order chi connectivity index (χ1) is 68.4. The third-order valence-electron chi connectivity index (χ3n) is 21.7. The van der Waals surface area contributed by atoms with E-state index in [2.05, 4.69) is 63.2 Å². The summed E-state index contributed by atoms with van der Waals surface area (Å²) in [5.41, 5.74) is 19.4. The zero-order valence-corrected chi connectivity index (χ0v) is 78.7. The molecule has 4 aromatic heterocycles. The quantitative estimate of drug-likeness (QED) is 0.0424. The molecule has 0 atom stereocenters. The number of carbonyl (C=O) groups excluding carboxylic acids is 8. The molecule has 15 aromatic rings. The lowest BCUT2D eigenvalue weighted by atomic mass is 9.80. The summed E-state index contributed by atoms with van der Waals surface area (Å²) in [6.07, 6.45) is 6.40. The molecule has 0 spiro atoms. The van der Waals surface area contributed by atoms with Crippen molar-refractivity contribution >= 4 is 151 Å². The minimum atomic E-state index is -3.95. The van der Waals surface area contributed by atoms with Gasteiger partial charge in [-0.1, -0.05) is 120 Å². The van der Waals surface area contributed by atoms with Crippen molar-refractivity contribution in [2.45, 2.75) is 65.3 Å². The van der Waals surface area contributed by atoms with Gasteiger partial charge in [-0.3, -0.25) is 58.3 Å². The summed E-state index contributed by atoms with van der Waals surface area (Å²) in [7, 11) is -17.1. The summed E-state index contributed by atoms with van der Waals surface area (Å²) in [5.74, 6) is -5.29. The average molecular weight is 2030 g/mol. The van der Waals surface area contributed by atoms with Crippen LogP contribution in [-0.4, -0.2) is 129 Å². The number of fused-ring (bicyclic) bond motifs is 8. The van der Waals surface area contributed by atoms with Crippen molar-refractivity contribution in [2.75, 3.05) is 21.3 Å². The predicted molar refractivity (Wildman–Crippen MR) is 526 cm³/mol. The minimum Gasteiger partial charge on any atom is -0.478 e. The van der Waals surface area contributed by atoms with Gasteiger partial charge in [0.1, 0.15) is 0 Å². The zero-order valence-electron chi connectivity index (χ0n) is 73.9. The van der Waals surface area contributed by atoms with Crippen LogP contribution in [0.15, 0.2) is 355 Å². The number of sulfone groups is 4. The van der Waals surface area contributed by atoms with Crippen LogP contribution in [0.3, 0.4) is 0 Å². The second kappa shape index (κ2) is 44.1. The lowest BCUT2D eigenvalue weighted by Gasteiger charge is -2.10. The number of hydrogen-bond acceptors (Lipinski definition) is 26. The number of primary amides is 1. The van der Waals surface area contributed by atoms with Crippen molar-refractivity contribution in [3.63, 3.8) is 0 Å². The minimum absolute atomic E-state index is 0.0314. The van der Waals surface area contributed by atoms with Gasteiger partial charge in [-0.05, 0) is 211 Å². The molecule has 714 valence electrons. The van der Waals surface area contributed by atoms with E-state index in [1.165, 1.54) is 152 Å². The van der Waals surface area contributed by atoms with Gasteiger partial charge in [-0.2, -0.15) is 10.5 Å². The van der Waals surface area contributed by atoms with Gasteiger partial charge in [0.25, 0.3) is 41.4 Å². The molecule has 0 saturated heterocycles.